The molecule has 4 nitrogen and oxygen atoms in total. The van der Waals surface area contributed by atoms with Gasteiger partial charge in [0.15, 0.2) is 0 Å². The summed E-state index contributed by atoms with van der Waals surface area (Å²) in [4.78, 5) is 11.1. The van der Waals surface area contributed by atoms with E-state index in [1.54, 1.807) is 13.8 Å². The highest BCUT2D eigenvalue weighted by molar-refractivity contribution is 9.10. The summed E-state index contributed by atoms with van der Waals surface area (Å²) in [5, 5.41) is 12.6. The number of carboxylic acids is 1. The van der Waals surface area contributed by atoms with E-state index in [9.17, 15) is 4.79 Å². The monoisotopic (exact) mass is 341 g/mol. The molecule has 5 heteroatoms. The summed E-state index contributed by atoms with van der Waals surface area (Å²) in [6, 6.07) is 6.49. The van der Waals surface area contributed by atoms with E-state index in [2.05, 4.69) is 21.2 Å². The molecule has 0 spiro atoms. The first-order chi connectivity index (χ1) is 9.40. The second-order valence-electron chi connectivity index (χ2n) is 5.86. The van der Waals surface area contributed by atoms with E-state index in [0.717, 1.165) is 22.3 Å². The first kappa shape index (κ1) is 15.3. The number of carboxylic acid groups (broad SMARTS) is 1. The smallest absolute Gasteiger partial charge is 0.312 e. The van der Waals surface area contributed by atoms with Gasteiger partial charge in [0.1, 0.15) is 12.4 Å². The van der Waals surface area contributed by atoms with Crippen LogP contribution in [0.4, 0.5) is 0 Å². The second-order valence-corrected chi connectivity index (χ2v) is 6.72. The fourth-order valence-corrected chi connectivity index (χ4v) is 2.23. The average molecular weight is 342 g/mol. The minimum Gasteiger partial charge on any atom is -0.491 e. The van der Waals surface area contributed by atoms with Crippen LogP contribution in [0.2, 0.25) is 0 Å². The molecule has 0 heterocycles. The van der Waals surface area contributed by atoms with Crippen LogP contribution in [0.25, 0.3) is 0 Å². The number of aliphatic carboxylic acids is 1. The molecule has 0 bridgehead atoms. The molecule has 1 saturated carbocycles. The van der Waals surface area contributed by atoms with Gasteiger partial charge in [0.25, 0.3) is 0 Å². The molecule has 110 valence electrons. The minimum atomic E-state index is -0.906. The van der Waals surface area contributed by atoms with Crippen molar-refractivity contribution in [3.8, 4) is 5.75 Å². The van der Waals surface area contributed by atoms with E-state index in [0.29, 0.717) is 6.04 Å². The van der Waals surface area contributed by atoms with Gasteiger partial charge < -0.3 is 15.2 Å². The zero-order chi connectivity index (χ0) is 14.8. The molecular formula is C15H20BrNO3. The van der Waals surface area contributed by atoms with E-state index < -0.39 is 11.4 Å². The lowest BCUT2D eigenvalue weighted by atomic mass is 9.95. The van der Waals surface area contributed by atoms with Crippen molar-refractivity contribution >= 4 is 21.9 Å². The van der Waals surface area contributed by atoms with Gasteiger partial charge in [-0.15, -0.1) is 0 Å². The van der Waals surface area contributed by atoms with Crippen LogP contribution in [-0.2, 0) is 11.3 Å². The van der Waals surface area contributed by atoms with Crippen LogP contribution < -0.4 is 10.1 Å². The Morgan fingerprint density at radius 1 is 1.50 bits per heavy atom. The number of ether oxygens (including phenoxy) is 1. The van der Waals surface area contributed by atoms with E-state index in [1.165, 1.54) is 12.8 Å². The second kappa shape index (κ2) is 6.14. The quantitative estimate of drug-likeness (QED) is 0.799. The predicted octanol–water partition coefficient (Wildman–Crippen LogP) is 3.19. The average Bonchev–Trinajstić information content (AvgIpc) is 3.19. The predicted molar refractivity (Wildman–Crippen MR) is 80.9 cm³/mol. The normalized spacial score (nSPS) is 15.2. The number of benzene rings is 1. The Bertz CT molecular complexity index is 498. The number of halogens is 1. The number of hydrogen-bond donors (Lipinski definition) is 2. The molecule has 0 atom stereocenters. The maximum absolute atomic E-state index is 11.1. The summed E-state index contributed by atoms with van der Waals surface area (Å²) in [6.45, 7) is 4.21. The summed E-state index contributed by atoms with van der Waals surface area (Å²) < 4.78 is 6.63. The molecule has 2 N–H and O–H groups in total. The number of para-hydroxylation sites is 1. The molecule has 0 amide bonds. The van der Waals surface area contributed by atoms with Crippen molar-refractivity contribution in [3.05, 3.63) is 28.2 Å². The van der Waals surface area contributed by atoms with Crippen molar-refractivity contribution < 1.29 is 14.6 Å². The summed E-state index contributed by atoms with van der Waals surface area (Å²) in [5.74, 6) is -0.128. The van der Waals surface area contributed by atoms with Gasteiger partial charge in [0.2, 0.25) is 0 Å². The summed E-state index contributed by atoms with van der Waals surface area (Å²) >= 11 is 3.47. The van der Waals surface area contributed by atoms with Gasteiger partial charge in [-0.05, 0) is 48.7 Å². The van der Waals surface area contributed by atoms with Gasteiger partial charge in [0, 0.05) is 18.2 Å². The van der Waals surface area contributed by atoms with Crippen LogP contribution >= 0.6 is 15.9 Å². The maximum atomic E-state index is 11.1. The summed E-state index contributed by atoms with van der Waals surface area (Å²) in [5.41, 5.74) is 0.142. The molecule has 0 unspecified atom stereocenters. The first-order valence-electron chi connectivity index (χ1n) is 6.77. The Morgan fingerprint density at radius 2 is 2.20 bits per heavy atom. The van der Waals surface area contributed by atoms with E-state index in [-0.39, 0.29) is 6.61 Å². The third-order valence-corrected chi connectivity index (χ3v) is 3.99. The summed E-state index contributed by atoms with van der Waals surface area (Å²) in [7, 11) is 0. The van der Waals surface area contributed by atoms with Crippen molar-refractivity contribution in [2.45, 2.75) is 39.3 Å². The van der Waals surface area contributed by atoms with Crippen LogP contribution in [0.3, 0.4) is 0 Å². The van der Waals surface area contributed by atoms with Crippen molar-refractivity contribution in [2.75, 3.05) is 6.61 Å². The van der Waals surface area contributed by atoms with Gasteiger partial charge in [0.05, 0.1) is 9.89 Å². The van der Waals surface area contributed by atoms with Crippen molar-refractivity contribution in [1.82, 2.24) is 5.32 Å². The molecule has 0 aliphatic heterocycles. The maximum Gasteiger partial charge on any atom is 0.312 e. The molecule has 1 fully saturated rings. The van der Waals surface area contributed by atoms with E-state index in [4.69, 9.17) is 9.84 Å². The molecule has 1 aliphatic carbocycles. The molecule has 1 aromatic carbocycles. The van der Waals surface area contributed by atoms with Gasteiger partial charge in [-0.2, -0.15) is 0 Å². The highest BCUT2D eigenvalue weighted by atomic mass is 79.9. The number of hydrogen-bond acceptors (Lipinski definition) is 3. The molecule has 2 rings (SSSR count). The van der Waals surface area contributed by atoms with Crippen LogP contribution in [0.5, 0.6) is 5.75 Å². The topological polar surface area (TPSA) is 58.6 Å². The number of nitrogens with one attached hydrogen (secondary N) is 1. The third-order valence-electron chi connectivity index (χ3n) is 3.36. The van der Waals surface area contributed by atoms with Crippen molar-refractivity contribution in [1.29, 1.82) is 0 Å². The lowest BCUT2D eigenvalue weighted by Gasteiger charge is -2.21. The zero-order valence-electron chi connectivity index (χ0n) is 11.8. The largest absolute Gasteiger partial charge is 0.491 e. The standard InChI is InChI=1S/C15H20BrNO3/c1-15(2,14(18)19)9-20-13-10(4-3-5-12(13)16)8-17-11-6-7-11/h3-5,11,17H,6-9H2,1-2H3,(H,18,19). The van der Waals surface area contributed by atoms with Crippen LogP contribution in [0.15, 0.2) is 22.7 Å². The van der Waals surface area contributed by atoms with Crippen molar-refractivity contribution in [3.63, 3.8) is 0 Å². The zero-order valence-corrected chi connectivity index (χ0v) is 13.4. The number of carbonyl (C=O) groups is 1. The first-order valence-corrected chi connectivity index (χ1v) is 7.56. The third kappa shape index (κ3) is 3.96. The van der Waals surface area contributed by atoms with Gasteiger partial charge in [-0.25, -0.2) is 0 Å². The summed E-state index contributed by atoms with van der Waals surface area (Å²) in [6.07, 6.45) is 2.46. The molecule has 1 aromatic rings. The molecule has 0 saturated heterocycles. The van der Waals surface area contributed by atoms with E-state index >= 15 is 0 Å². The number of rotatable bonds is 7. The van der Waals surface area contributed by atoms with Crippen LogP contribution in [0, 0.1) is 5.41 Å². The molecule has 20 heavy (non-hydrogen) atoms. The minimum absolute atomic E-state index is 0.140. The molecule has 0 radical (unpaired) electrons. The van der Waals surface area contributed by atoms with Gasteiger partial charge >= 0.3 is 5.97 Å². The van der Waals surface area contributed by atoms with E-state index in [1.807, 2.05) is 18.2 Å². The highest BCUT2D eigenvalue weighted by Crippen LogP contribution is 2.31. The fraction of sp³-hybridized carbons (Fsp3) is 0.533. The van der Waals surface area contributed by atoms with Gasteiger partial charge in [-0.1, -0.05) is 12.1 Å². The van der Waals surface area contributed by atoms with Crippen LogP contribution in [-0.4, -0.2) is 23.7 Å². The van der Waals surface area contributed by atoms with Gasteiger partial charge in [-0.3, -0.25) is 4.79 Å². The Kier molecular flexibility index (Phi) is 4.70. The van der Waals surface area contributed by atoms with Crippen LogP contribution in [0.1, 0.15) is 32.3 Å². The Balaban J connectivity index is 2.06. The highest BCUT2D eigenvalue weighted by Gasteiger charge is 2.29. The Morgan fingerprint density at radius 3 is 2.80 bits per heavy atom. The van der Waals surface area contributed by atoms with Crippen molar-refractivity contribution in [2.24, 2.45) is 5.41 Å². The fourth-order valence-electron chi connectivity index (χ4n) is 1.71. The SMILES string of the molecule is CC(C)(COc1c(Br)cccc1CNC1CC1)C(=O)O. The Hall–Kier alpha value is -1.07. The molecule has 0 aromatic heterocycles. The molecular weight excluding hydrogens is 322 g/mol. The Labute approximate surface area is 127 Å². The molecule has 1 aliphatic rings. The lowest BCUT2D eigenvalue weighted by Crippen LogP contribution is -2.31. The lowest BCUT2D eigenvalue weighted by molar-refractivity contribution is -0.148.